The zero-order valence-corrected chi connectivity index (χ0v) is 7.71. The summed E-state index contributed by atoms with van der Waals surface area (Å²) in [6.45, 7) is 3.61. The van der Waals surface area contributed by atoms with Crippen LogP contribution in [0.3, 0.4) is 0 Å². The van der Waals surface area contributed by atoms with E-state index in [1.165, 1.54) is 45.2 Å². The van der Waals surface area contributed by atoms with Crippen molar-refractivity contribution in [3.8, 4) is 0 Å². The van der Waals surface area contributed by atoms with Gasteiger partial charge in [-0.15, -0.1) is 0 Å². The molecule has 2 saturated heterocycles. The van der Waals surface area contributed by atoms with Crippen molar-refractivity contribution in [3.05, 3.63) is 0 Å². The SMILES string of the molecule is NN1CCCCC1N1CCCC1. The summed E-state index contributed by atoms with van der Waals surface area (Å²) in [5.41, 5.74) is 0. The Hall–Kier alpha value is -0.120. The molecule has 0 bridgehead atoms. The number of hydrogen-bond donors (Lipinski definition) is 1. The molecule has 2 aliphatic heterocycles. The molecule has 0 spiro atoms. The summed E-state index contributed by atoms with van der Waals surface area (Å²) in [5, 5.41) is 2.04. The van der Waals surface area contributed by atoms with E-state index in [1.807, 2.05) is 5.01 Å². The van der Waals surface area contributed by atoms with Crippen molar-refractivity contribution in [2.75, 3.05) is 19.6 Å². The molecular weight excluding hydrogens is 150 g/mol. The predicted octanol–water partition coefficient (Wildman–Crippen LogP) is 0.768. The van der Waals surface area contributed by atoms with Gasteiger partial charge in [-0.05, 0) is 45.2 Å². The van der Waals surface area contributed by atoms with E-state index in [-0.39, 0.29) is 0 Å². The van der Waals surface area contributed by atoms with Crippen molar-refractivity contribution in [1.29, 1.82) is 0 Å². The number of hydrogen-bond acceptors (Lipinski definition) is 3. The first kappa shape index (κ1) is 8.48. The minimum atomic E-state index is 0.557. The average Bonchev–Trinajstić information content (AvgIpc) is 2.57. The maximum Gasteiger partial charge on any atom is 0.0755 e. The Morgan fingerprint density at radius 2 is 1.58 bits per heavy atom. The third kappa shape index (κ3) is 1.63. The van der Waals surface area contributed by atoms with Crippen LogP contribution in [0.2, 0.25) is 0 Å². The largest absolute Gasteiger partial charge is 0.287 e. The van der Waals surface area contributed by atoms with Crippen LogP contribution in [0, 0.1) is 0 Å². The molecule has 0 aliphatic carbocycles. The standard InChI is InChI=1S/C9H19N3/c10-12-8-2-1-5-9(12)11-6-3-4-7-11/h9H,1-8,10H2. The van der Waals surface area contributed by atoms with Gasteiger partial charge in [0.05, 0.1) is 6.17 Å². The van der Waals surface area contributed by atoms with Crippen LogP contribution in [-0.2, 0) is 0 Å². The summed E-state index contributed by atoms with van der Waals surface area (Å²) >= 11 is 0. The van der Waals surface area contributed by atoms with Crippen LogP contribution in [-0.4, -0.2) is 35.7 Å². The molecular formula is C9H19N3. The van der Waals surface area contributed by atoms with Crippen LogP contribution in [0.25, 0.3) is 0 Å². The Bertz CT molecular complexity index is 143. The Kier molecular flexibility index (Phi) is 2.63. The normalized spacial score (nSPS) is 34.2. The fourth-order valence-electron chi connectivity index (χ4n) is 2.37. The summed E-state index contributed by atoms with van der Waals surface area (Å²) < 4.78 is 0. The molecule has 70 valence electrons. The van der Waals surface area contributed by atoms with Gasteiger partial charge in [0, 0.05) is 6.54 Å². The van der Waals surface area contributed by atoms with E-state index in [9.17, 15) is 0 Å². The van der Waals surface area contributed by atoms with Crippen molar-refractivity contribution in [2.45, 2.75) is 38.3 Å². The fraction of sp³-hybridized carbons (Fsp3) is 1.00. The average molecular weight is 169 g/mol. The van der Waals surface area contributed by atoms with Crippen LogP contribution in [0.4, 0.5) is 0 Å². The van der Waals surface area contributed by atoms with E-state index < -0.39 is 0 Å². The molecule has 12 heavy (non-hydrogen) atoms. The van der Waals surface area contributed by atoms with E-state index in [4.69, 9.17) is 5.84 Å². The van der Waals surface area contributed by atoms with Gasteiger partial charge in [-0.2, -0.15) is 0 Å². The monoisotopic (exact) mass is 169 g/mol. The first-order valence-corrected chi connectivity index (χ1v) is 5.13. The molecule has 3 nitrogen and oxygen atoms in total. The summed E-state index contributed by atoms with van der Waals surface area (Å²) in [6, 6.07) is 0. The second kappa shape index (κ2) is 3.73. The molecule has 0 aromatic carbocycles. The smallest absolute Gasteiger partial charge is 0.0755 e. The lowest BCUT2D eigenvalue weighted by molar-refractivity contribution is 0.0279. The lowest BCUT2D eigenvalue weighted by atomic mass is 10.1. The van der Waals surface area contributed by atoms with E-state index in [1.54, 1.807) is 0 Å². The van der Waals surface area contributed by atoms with Gasteiger partial charge >= 0.3 is 0 Å². The zero-order valence-electron chi connectivity index (χ0n) is 7.71. The second-order valence-corrected chi connectivity index (χ2v) is 3.96. The molecule has 3 heteroatoms. The van der Waals surface area contributed by atoms with Crippen LogP contribution in [0.1, 0.15) is 32.1 Å². The topological polar surface area (TPSA) is 32.5 Å². The van der Waals surface area contributed by atoms with E-state index >= 15 is 0 Å². The third-order valence-electron chi connectivity index (χ3n) is 3.07. The molecule has 0 radical (unpaired) electrons. The molecule has 2 aliphatic rings. The molecule has 2 N–H and O–H groups in total. The van der Waals surface area contributed by atoms with Crippen molar-refractivity contribution in [3.63, 3.8) is 0 Å². The highest BCUT2D eigenvalue weighted by Crippen LogP contribution is 2.21. The first-order valence-electron chi connectivity index (χ1n) is 5.13. The van der Waals surface area contributed by atoms with Gasteiger partial charge in [-0.1, -0.05) is 0 Å². The molecule has 0 aromatic rings. The molecule has 2 rings (SSSR count). The summed E-state index contributed by atoms with van der Waals surface area (Å²) in [5.74, 6) is 5.95. The van der Waals surface area contributed by atoms with Crippen molar-refractivity contribution >= 4 is 0 Å². The van der Waals surface area contributed by atoms with Crippen molar-refractivity contribution in [1.82, 2.24) is 9.91 Å². The van der Waals surface area contributed by atoms with E-state index in [0.717, 1.165) is 6.54 Å². The molecule has 0 amide bonds. The van der Waals surface area contributed by atoms with Gasteiger partial charge in [0.1, 0.15) is 0 Å². The van der Waals surface area contributed by atoms with Gasteiger partial charge in [0.15, 0.2) is 0 Å². The van der Waals surface area contributed by atoms with Crippen LogP contribution in [0.15, 0.2) is 0 Å². The number of rotatable bonds is 1. The summed E-state index contributed by atoms with van der Waals surface area (Å²) in [7, 11) is 0. The van der Waals surface area contributed by atoms with Gasteiger partial charge in [-0.25, -0.2) is 5.01 Å². The number of hydrazine groups is 1. The highest BCUT2D eigenvalue weighted by Gasteiger charge is 2.27. The molecule has 0 aromatic heterocycles. The zero-order chi connectivity index (χ0) is 8.39. The Morgan fingerprint density at radius 1 is 0.917 bits per heavy atom. The summed E-state index contributed by atoms with van der Waals surface area (Å²) in [6.07, 6.45) is 7.20. The first-order chi connectivity index (χ1) is 5.88. The van der Waals surface area contributed by atoms with Gasteiger partial charge in [0.25, 0.3) is 0 Å². The minimum absolute atomic E-state index is 0.557. The highest BCUT2D eigenvalue weighted by atomic mass is 15.5. The van der Waals surface area contributed by atoms with Gasteiger partial charge in [0.2, 0.25) is 0 Å². The number of piperidine rings is 1. The molecule has 1 unspecified atom stereocenters. The molecule has 2 fully saturated rings. The number of nitrogens with zero attached hydrogens (tertiary/aromatic N) is 2. The highest BCUT2D eigenvalue weighted by molar-refractivity contribution is 4.77. The number of likely N-dealkylation sites (tertiary alicyclic amines) is 1. The third-order valence-corrected chi connectivity index (χ3v) is 3.07. The second-order valence-electron chi connectivity index (χ2n) is 3.96. The Labute approximate surface area is 74.5 Å². The number of nitrogens with two attached hydrogens (primary N) is 1. The van der Waals surface area contributed by atoms with Crippen LogP contribution >= 0.6 is 0 Å². The maximum absolute atomic E-state index is 5.95. The fourth-order valence-corrected chi connectivity index (χ4v) is 2.37. The molecule has 2 heterocycles. The van der Waals surface area contributed by atoms with E-state index in [2.05, 4.69) is 4.90 Å². The lowest BCUT2D eigenvalue weighted by Gasteiger charge is -2.38. The lowest BCUT2D eigenvalue weighted by Crippen LogP contribution is -2.53. The molecule has 0 saturated carbocycles. The van der Waals surface area contributed by atoms with Crippen LogP contribution in [0.5, 0.6) is 0 Å². The minimum Gasteiger partial charge on any atom is -0.287 e. The summed E-state index contributed by atoms with van der Waals surface area (Å²) in [4.78, 5) is 2.54. The van der Waals surface area contributed by atoms with Crippen molar-refractivity contribution < 1.29 is 0 Å². The van der Waals surface area contributed by atoms with Crippen molar-refractivity contribution in [2.24, 2.45) is 5.84 Å². The van der Waals surface area contributed by atoms with Gasteiger partial charge < -0.3 is 0 Å². The van der Waals surface area contributed by atoms with Gasteiger partial charge in [-0.3, -0.25) is 10.7 Å². The van der Waals surface area contributed by atoms with Crippen LogP contribution < -0.4 is 5.84 Å². The quantitative estimate of drug-likeness (QED) is 0.588. The Morgan fingerprint density at radius 3 is 2.25 bits per heavy atom. The van der Waals surface area contributed by atoms with E-state index in [0.29, 0.717) is 6.17 Å². The Balaban J connectivity index is 1.91. The predicted molar refractivity (Wildman–Crippen MR) is 49.3 cm³/mol. The molecule has 1 atom stereocenters. The maximum atomic E-state index is 5.95.